The Balaban J connectivity index is 1.65. The van der Waals surface area contributed by atoms with Gasteiger partial charge in [0.15, 0.2) is 11.5 Å². The van der Waals surface area contributed by atoms with Gasteiger partial charge < -0.3 is 19.7 Å². The van der Waals surface area contributed by atoms with Crippen molar-refractivity contribution in [2.75, 3.05) is 25.6 Å². The number of methoxy groups -OCH3 is 1. The number of benzene rings is 2. The van der Waals surface area contributed by atoms with Crippen LogP contribution < -0.4 is 14.8 Å². The molecule has 5 nitrogen and oxygen atoms in total. The molecule has 5 heteroatoms. The van der Waals surface area contributed by atoms with Crippen molar-refractivity contribution in [3.05, 3.63) is 54.1 Å². The third kappa shape index (κ3) is 5.66. The minimum absolute atomic E-state index is 0.0766. The summed E-state index contributed by atoms with van der Waals surface area (Å²) >= 11 is 0. The smallest absolute Gasteiger partial charge is 0.322 e. The number of amides is 2. The summed E-state index contributed by atoms with van der Waals surface area (Å²) in [5.74, 6) is 2.00. The normalized spacial score (nSPS) is 16.1. The summed E-state index contributed by atoms with van der Waals surface area (Å²) < 4.78 is 11.3. The first-order valence-corrected chi connectivity index (χ1v) is 10.5. The van der Waals surface area contributed by atoms with Crippen LogP contribution in [0.1, 0.15) is 51.1 Å². The predicted molar refractivity (Wildman–Crippen MR) is 117 cm³/mol. The molecule has 1 fully saturated rings. The third-order valence-corrected chi connectivity index (χ3v) is 5.30. The van der Waals surface area contributed by atoms with Crippen LogP contribution >= 0.6 is 0 Å². The molecule has 0 radical (unpaired) electrons. The second-order valence-electron chi connectivity index (χ2n) is 7.94. The Hall–Kier alpha value is -2.69. The first-order valence-electron chi connectivity index (χ1n) is 10.5. The summed E-state index contributed by atoms with van der Waals surface area (Å²) in [7, 11) is 1.63. The topological polar surface area (TPSA) is 50.8 Å². The molecule has 0 unspecified atom stereocenters. The fourth-order valence-corrected chi connectivity index (χ4v) is 3.77. The molecule has 0 spiro atoms. The number of carbonyl (C=O) groups excluding carboxylic acids is 1. The minimum atomic E-state index is -0.0766. The summed E-state index contributed by atoms with van der Waals surface area (Å²) in [4.78, 5) is 14.9. The number of anilines is 1. The van der Waals surface area contributed by atoms with Crippen LogP contribution in [0.5, 0.6) is 11.5 Å². The number of hydrogen-bond donors (Lipinski definition) is 1. The number of rotatable bonds is 8. The number of hydrogen-bond acceptors (Lipinski definition) is 3. The predicted octanol–water partition coefficient (Wildman–Crippen LogP) is 5.88. The molecule has 2 aromatic rings. The van der Waals surface area contributed by atoms with Crippen molar-refractivity contribution in [2.24, 2.45) is 5.92 Å². The average Bonchev–Trinajstić information content (AvgIpc) is 3.22. The van der Waals surface area contributed by atoms with Gasteiger partial charge in [-0.3, -0.25) is 0 Å². The van der Waals surface area contributed by atoms with Crippen LogP contribution in [0.15, 0.2) is 48.5 Å². The van der Waals surface area contributed by atoms with Crippen molar-refractivity contribution in [1.82, 2.24) is 4.90 Å². The zero-order chi connectivity index (χ0) is 20.6. The van der Waals surface area contributed by atoms with E-state index in [1.807, 2.05) is 41.3 Å². The van der Waals surface area contributed by atoms with Crippen molar-refractivity contribution in [2.45, 2.75) is 45.6 Å². The average molecular weight is 397 g/mol. The van der Waals surface area contributed by atoms with Gasteiger partial charge in [-0.15, -0.1) is 0 Å². The van der Waals surface area contributed by atoms with Gasteiger partial charge in [0.1, 0.15) is 0 Å². The lowest BCUT2D eigenvalue weighted by molar-refractivity contribution is 0.207. The third-order valence-electron chi connectivity index (χ3n) is 5.30. The Kier molecular flexibility index (Phi) is 7.39. The molecule has 1 aliphatic heterocycles. The second kappa shape index (κ2) is 10.2. The quantitative estimate of drug-likeness (QED) is 0.567. The molecular weight excluding hydrogens is 364 g/mol. The van der Waals surface area contributed by atoms with Crippen LogP contribution in [0.2, 0.25) is 0 Å². The van der Waals surface area contributed by atoms with Gasteiger partial charge in [-0.05, 0) is 49.3 Å². The zero-order valence-corrected chi connectivity index (χ0v) is 17.7. The molecule has 3 rings (SSSR count). The van der Waals surface area contributed by atoms with Gasteiger partial charge >= 0.3 is 6.03 Å². The molecule has 0 saturated carbocycles. The number of likely N-dealkylation sites (tertiary alicyclic amines) is 1. The van der Waals surface area contributed by atoms with Gasteiger partial charge in [0, 0.05) is 18.3 Å². The lowest BCUT2D eigenvalue weighted by Gasteiger charge is -2.25. The van der Waals surface area contributed by atoms with Crippen molar-refractivity contribution >= 4 is 11.7 Å². The Morgan fingerprint density at radius 2 is 1.97 bits per heavy atom. The number of nitrogens with zero attached hydrogens (tertiary/aromatic N) is 1. The Morgan fingerprint density at radius 1 is 1.17 bits per heavy atom. The molecule has 0 aromatic heterocycles. The van der Waals surface area contributed by atoms with Crippen molar-refractivity contribution in [1.29, 1.82) is 0 Å². The maximum absolute atomic E-state index is 12.9. The highest BCUT2D eigenvalue weighted by atomic mass is 16.5. The van der Waals surface area contributed by atoms with Crippen LogP contribution in [0.4, 0.5) is 10.5 Å². The lowest BCUT2D eigenvalue weighted by atomic mass is 10.1. The summed E-state index contributed by atoms with van der Waals surface area (Å²) in [6, 6.07) is 15.8. The van der Waals surface area contributed by atoms with E-state index in [1.165, 1.54) is 5.56 Å². The summed E-state index contributed by atoms with van der Waals surface area (Å²) in [5.41, 5.74) is 1.90. The van der Waals surface area contributed by atoms with E-state index in [2.05, 4.69) is 31.3 Å². The molecule has 1 aliphatic rings. The largest absolute Gasteiger partial charge is 0.493 e. The van der Waals surface area contributed by atoms with Crippen molar-refractivity contribution in [3.8, 4) is 11.5 Å². The number of ether oxygens (including phenoxy) is 2. The molecule has 0 aliphatic carbocycles. The van der Waals surface area contributed by atoms with E-state index in [0.29, 0.717) is 29.7 Å². The molecule has 1 saturated heterocycles. The fraction of sp³-hybridized carbons (Fsp3) is 0.458. The molecular formula is C24H32N2O3. The molecule has 156 valence electrons. The molecule has 1 heterocycles. The lowest BCUT2D eigenvalue weighted by Crippen LogP contribution is -2.34. The van der Waals surface area contributed by atoms with Gasteiger partial charge in [0.2, 0.25) is 0 Å². The fourth-order valence-electron chi connectivity index (χ4n) is 3.77. The zero-order valence-electron chi connectivity index (χ0n) is 17.7. The van der Waals surface area contributed by atoms with E-state index >= 15 is 0 Å². The van der Waals surface area contributed by atoms with E-state index in [9.17, 15) is 4.79 Å². The van der Waals surface area contributed by atoms with E-state index < -0.39 is 0 Å². The Bertz CT molecular complexity index is 792. The van der Waals surface area contributed by atoms with Crippen LogP contribution in [0.25, 0.3) is 0 Å². The molecule has 29 heavy (non-hydrogen) atoms. The van der Waals surface area contributed by atoms with Crippen LogP contribution in [0.3, 0.4) is 0 Å². The van der Waals surface area contributed by atoms with Crippen molar-refractivity contribution < 1.29 is 14.3 Å². The van der Waals surface area contributed by atoms with Crippen LogP contribution in [0, 0.1) is 5.92 Å². The Labute approximate surface area is 174 Å². The molecule has 1 N–H and O–H groups in total. The number of urea groups is 1. The van der Waals surface area contributed by atoms with E-state index in [0.717, 1.165) is 32.2 Å². The first-order chi connectivity index (χ1) is 14.1. The second-order valence-corrected chi connectivity index (χ2v) is 7.94. The number of nitrogens with one attached hydrogen (secondary N) is 1. The van der Waals surface area contributed by atoms with Gasteiger partial charge in [-0.25, -0.2) is 4.79 Å². The van der Waals surface area contributed by atoms with Gasteiger partial charge in [-0.1, -0.05) is 44.2 Å². The van der Waals surface area contributed by atoms with Gasteiger partial charge in [0.05, 0.1) is 19.8 Å². The molecule has 1 atom stereocenters. The van der Waals surface area contributed by atoms with Crippen LogP contribution in [-0.2, 0) is 0 Å². The molecule has 2 amide bonds. The first kappa shape index (κ1) is 21.0. The molecule has 0 bridgehead atoms. The monoisotopic (exact) mass is 396 g/mol. The highest BCUT2D eigenvalue weighted by Crippen LogP contribution is 2.34. The Morgan fingerprint density at radius 3 is 2.69 bits per heavy atom. The van der Waals surface area contributed by atoms with Crippen molar-refractivity contribution in [3.63, 3.8) is 0 Å². The highest BCUT2D eigenvalue weighted by Gasteiger charge is 2.30. The standard InChI is InChI=1S/C24H32N2O3/c1-18(2)9-8-16-29-23-17-20(13-14-22(23)28-3)25-24(27)26-15-7-12-21(26)19-10-5-4-6-11-19/h4-6,10-11,13-14,17-18,21H,7-9,12,15-16H2,1-3H3,(H,25,27)/t21-/m0/s1. The maximum atomic E-state index is 12.9. The SMILES string of the molecule is COc1ccc(NC(=O)N2CCC[C@H]2c2ccccc2)cc1OCCCC(C)C. The van der Waals surface area contributed by atoms with Crippen LogP contribution in [-0.4, -0.2) is 31.2 Å². The summed E-state index contributed by atoms with van der Waals surface area (Å²) in [6.07, 6.45) is 4.11. The summed E-state index contributed by atoms with van der Waals surface area (Å²) in [6.45, 7) is 5.81. The van der Waals surface area contributed by atoms with E-state index in [-0.39, 0.29) is 12.1 Å². The van der Waals surface area contributed by atoms with Gasteiger partial charge in [0.25, 0.3) is 0 Å². The maximum Gasteiger partial charge on any atom is 0.322 e. The van der Waals surface area contributed by atoms with E-state index in [1.54, 1.807) is 7.11 Å². The molecule has 2 aromatic carbocycles. The van der Waals surface area contributed by atoms with Gasteiger partial charge in [-0.2, -0.15) is 0 Å². The number of carbonyl (C=O) groups is 1. The minimum Gasteiger partial charge on any atom is -0.493 e. The van der Waals surface area contributed by atoms with E-state index in [4.69, 9.17) is 9.47 Å². The summed E-state index contributed by atoms with van der Waals surface area (Å²) in [5, 5.41) is 3.04. The highest BCUT2D eigenvalue weighted by molar-refractivity contribution is 5.90.